The number of nitrogens with one attached hydrogen (secondary N) is 1. The van der Waals surface area contributed by atoms with Gasteiger partial charge in [0, 0.05) is 23.2 Å². The van der Waals surface area contributed by atoms with Crippen molar-refractivity contribution in [2.75, 3.05) is 12.1 Å². The lowest BCUT2D eigenvalue weighted by Crippen LogP contribution is -2.38. The van der Waals surface area contributed by atoms with Crippen LogP contribution < -0.4 is 14.8 Å². The van der Waals surface area contributed by atoms with Crippen LogP contribution in [0.25, 0.3) is 0 Å². The molecule has 1 amide bonds. The Bertz CT molecular complexity index is 1130. The van der Waals surface area contributed by atoms with Gasteiger partial charge in [0.25, 0.3) is 5.91 Å². The average Bonchev–Trinajstić information content (AvgIpc) is 3.53. The molecule has 3 aromatic rings. The molecule has 0 spiro atoms. The number of hydrogen-bond acceptors (Lipinski definition) is 6. The molecule has 2 aliphatic heterocycles. The molecule has 2 atom stereocenters. The van der Waals surface area contributed by atoms with Gasteiger partial charge in [-0.1, -0.05) is 23.7 Å². The molecule has 1 aromatic heterocycles. The minimum Gasteiger partial charge on any atom is -0.467 e. The molecule has 0 saturated heterocycles. The second-order valence-corrected chi connectivity index (χ2v) is 7.84. The van der Waals surface area contributed by atoms with E-state index < -0.39 is 6.04 Å². The number of carbonyl (C=O) groups excluding carboxylic acids is 1. The van der Waals surface area contributed by atoms with Crippen molar-refractivity contribution in [1.82, 2.24) is 5.01 Å². The fourth-order valence-corrected chi connectivity index (χ4v) is 3.86. The van der Waals surface area contributed by atoms with Crippen LogP contribution in [-0.2, 0) is 4.79 Å². The highest BCUT2D eigenvalue weighted by Gasteiger charge is 2.36. The third-order valence-corrected chi connectivity index (χ3v) is 5.56. The van der Waals surface area contributed by atoms with Crippen LogP contribution in [0, 0.1) is 0 Å². The molecule has 0 fully saturated rings. The minimum atomic E-state index is -0.522. The highest BCUT2D eigenvalue weighted by Crippen LogP contribution is 2.36. The molecule has 2 aliphatic rings. The van der Waals surface area contributed by atoms with Crippen LogP contribution >= 0.6 is 11.6 Å². The first-order chi connectivity index (χ1) is 15.1. The van der Waals surface area contributed by atoms with Crippen molar-refractivity contribution in [3.63, 3.8) is 0 Å². The summed E-state index contributed by atoms with van der Waals surface area (Å²) in [6, 6.07) is 15.8. The van der Waals surface area contributed by atoms with Crippen LogP contribution in [0.2, 0.25) is 5.02 Å². The smallest absolute Gasteiger partial charge is 0.265 e. The highest BCUT2D eigenvalue weighted by molar-refractivity contribution is 6.30. The lowest BCUT2D eigenvalue weighted by atomic mass is 10.0. The Morgan fingerprint density at radius 2 is 1.97 bits per heavy atom. The molecule has 0 radical (unpaired) electrons. The predicted octanol–water partition coefficient (Wildman–Crippen LogP) is 4.84. The number of benzene rings is 2. The molecule has 0 aliphatic carbocycles. The number of hydrazone groups is 1. The lowest BCUT2D eigenvalue weighted by Gasteiger charge is -2.24. The molecule has 31 heavy (non-hydrogen) atoms. The van der Waals surface area contributed by atoms with Crippen molar-refractivity contribution < 1.29 is 18.7 Å². The monoisotopic (exact) mass is 437 g/mol. The maximum absolute atomic E-state index is 13.4. The van der Waals surface area contributed by atoms with Crippen LogP contribution in [0.4, 0.5) is 5.69 Å². The number of hydrogen-bond donors (Lipinski definition) is 1. The zero-order chi connectivity index (χ0) is 21.4. The summed E-state index contributed by atoms with van der Waals surface area (Å²) in [6.45, 7) is 2.01. The largest absolute Gasteiger partial charge is 0.467 e. The van der Waals surface area contributed by atoms with Gasteiger partial charge in [-0.05, 0) is 48.9 Å². The number of fused-ring (bicyclic) bond motifs is 1. The van der Waals surface area contributed by atoms with E-state index in [1.807, 2.05) is 61.5 Å². The van der Waals surface area contributed by atoms with Crippen LogP contribution in [0.3, 0.4) is 0 Å². The van der Waals surface area contributed by atoms with E-state index in [1.54, 1.807) is 6.26 Å². The van der Waals surface area contributed by atoms with Crippen molar-refractivity contribution in [1.29, 1.82) is 0 Å². The molecule has 7 nitrogen and oxygen atoms in total. The van der Waals surface area contributed by atoms with Gasteiger partial charge in [0.05, 0.1) is 12.0 Å². The van der Waals surface area contributed by atoms with Crippen molar-refractivity contribution in [2.45, 2.75) is 25.4 Å². The van der Waals surface area contributed by atoms with Gasteiger partial charge in [-0.3, -0.25) is 4.79 Å². The fraction of sp³-hybridized carbons (Fsp3) is 0.217. The normalized spacial score (nSPS) is 18.1. The van der Waals surface area contributed by atoms with Crippen LogP contribution in [0.1, 0.15) is 30.7 Å². The summed E-state index contributed by atoms with van der Waals surface area (Å²) in [5, 5.41) is 10.1. The first-order valence-corrected chi connectivity index (χ1v) is 10.3. The first-order valence-electron chi connectivity index (χ1n) is 9.94. The van der Waals surface area contributed by atoms with E-state index in [1.165, 1.54) is 5.01 Å². The summed E-state index contributed by atoms with van der Waals surface area (Å²) in [7, 11) is 0. The molecule has 1 N–H and O–H groups in total. The topological polar surface area (TPSA) is 76.3 Å². The Hall–Kier alpha value is -3.45. The Kier molecular flexibility index (Phi) is 5.03. The summed E-state index contributed by atoms with van der Waals surface area (Å²) < 4.78 is 16.4. The second-order valence-electron chi connectivity index (χ2n) is 7.41. The van der Waals surface area contributed by atoms with Gasteiger partial charge in [0.15, 0.2) is 11.5 Å². The summed E-state index contributed by atoms with van der Waals surface area (Å²) in [5.74, 6) is 1.88. The van der Waals surface area contributed by atoms with Crippen molar-refractivity contribution in [3.05, 3.63) is 77.2 Å². The molecule has 158 valence electrons. The summed E-state index contributed by atoms with van der Waals surface area (Å²) in [6.07, 6.45) is 2.16. The van der Waals surface area contributed by atoms with Crippen LogP contribution in [0.15, 0.2) is 70.4 Å². The number of rotatable bonds is 5. The van der Waals surface area contributed by atoms with Crippen molar-refractivity contribution in [3.8, 4) is 11.5 Å². The maximum atomic E-state index is 13.4. The summed E-state index contributed by atoms with van der Waals surface area (Å²) in [5.41, 5.74) is 2.50. The predicted molar refractivity (Wildman–Crippen MR) is 117 cm³/mol. The summed E-state index contributed by atoms with van der Waals surface area (Å²) >= 11 is 6.02. The zero-order valence-corrected chi connectivity index (χ0v) is 17.5. The third-order valence-electron chi connectivity index (χ3n) is 5.31. The molecule has 3 heterocycles. The maximum Gasteiger partial charge on any atom is 0.265 e. The molecule has 8 heteroatoms. The fourth-order valence-electron chi connectivity index (χ4n) is 3.73. The van der Waals surface area contributed by atoms with Crippen LogP contribution in [-0.4, -0.2) is 29.5 Å². The second kappa shape index (κ2) is 8.00. The highest BCUT2D eigenvalue weighted by atomic mass is 35.5. The van der Waals surface area contributed by atoms with Gasteiger partial charge < -0.3 is 19.2 Å². The summed E-state index contributed by atoms with van der Waals surface area (Å²) in [4.78, 5) is 13.4. The number of furan rings is 1. The molecule has 2 aromatic carbocycles. The standard InChI is InChI=1S/C23H20ClN3O4/c1-14(25-17-8-9-21-22(11-17)31-13-30-21)23(28)27-19(20-3-2-10-29-20)12-18(26-27)15-4-6-16(24)7-5-15/h2-11,14,19,25H,12-13H2,1H3. The molecular formula is C23H20ClN3O4. The Morgan fingerprint density at radius 1 is 1.16 bits per heavy atom. The number of amides is 1. The van der Waals surface area contributed by atoms with E-state index in [4.69, 9.17) is 25.5 Å². The zero-order valence-electron chi connectivity index (χ0n) is 16.7. The van der Waals surface area contributed by atoms with E-state index in [-0.39, 0.29) is 18.7 Å². The number of nitrogens with zero attached hydrogens (tertiary/aromatic N) is 2. The molecule has 2 unspecified atom stereocenters. The number of ether oxygens (including phenoxy) is 2. The van der Waals surface area contributed by atoms with Gasteiger partial charge in [-0.2, -0.15) is 5.10 Å². The number of anilines is 1. The Balaban J connectivity index is 1.39. The average molecular weight is 438 g/mol. The van der Waals surface area contributed by atoms with Crippen molar-refractivity contribution in [2.24, 2.45) is 5.10 Å². The molecule has 5 rings (SSSR count). The van der Waals surface area contributed by atoms with E-state index in [2.05, 4.69) is 10.4 Å². The van der Waals surface area contributed by atoms with Gasteiger partial charge >= 0.3 is 0 Å². The van der Waals surface area contributed by atoms with Gasteiger partial charge in [-0.25, -0.2) is 5.01 Å². The van der Waals surface area contributed by atoms with Crippen molar-refractivity contribution >= 4 is 28.9 Å². The Labute approximate surface area is 184 Å². The number of halogens is 1. The third kappa shape index (κ3) is 3.84. The first kappa shape index (κ1) is 19.5. The Morgan fingerprint density at radius 3 is 2.74 bits per heavy atom. The van der Waals surface area contributed by atoms with E-state index in [9.17, 15) is 4.79 Å². The molecular weight excluding hydrogens is 418 g/mol. The van der Waals surface area contributed by atoms with Crippen LogP contribution in [0.5, 0.6) is 11.5 Å². The SMILES string of the molecule is CC(Nc1ccc2c(c1)OCO2)C(=O)N1N=C(c2ccc(Cl)cc2)CC1c1ccco1. The van der Waals surface area contributed by atoms with E-state index >= 15 is 0 Å². The molecule has 0 saturated carbocycles. The van der Waals surface area contributed by atoms with Gasteiger partial charge in [-0.15, -0.1) is 0 Å². The van der Waals surface area contributed by atoms with E-state index in [0.29, 0.717) is 28.7 Å². The quantitative estimate of drug-likeness (QED) is 0.618. The molecule has 0 bridgehead atoms. The lowest BCUT2D eigenvalue weighted by molar-refractivity contribution is -0.133. The van der Waals surface area contributed by atoms with E-state index in [0.717, 1.165) is 17.0 Å². The minimum absolute atomic E-state index is 0.164. The number of carbonyl (C=O) groups is 1. The van der Waals surface area contributed by atoms with Gasteiger partial charge in [0.1, 0.15) is 17.8 Å². The van der Waals surface area contributed by atoms with Gasteiger partial charge in [0.2, 0.25) is 6.79 Å².